The van der Waals surface area contributed by atoms with Gasteiger partial charge in [-0.05, 0) is 31.3 Å². The Morgan fingerprint density at radius 3 is 3.06 bits per heavy atom. The van der Waals surface area contributed by atoms with Crippen LogP contribution in [0.5, 0.6) is 0 Å². The number of carbonyl (C=O) groups is 2. The van der Waals surface area contributed by atoms with Gasteiger partial charge in [0.15, 0.2) is 0 Å². The second-order valence-corrected chi connectivity index (χ2v) is 5.38. The summed E-state index contributed by atoms with van der Waals surface area (Å²) >= 11 is 1.79. The van der Waals surface area contributed by atoms with Crippen molar-refractivity contribution in [2.75, 3.05) is 18.6 Å². The van der Waals surface area contributed by atoms with Crippen molar-refractivity contribution in [1.29, 1.82) is 0 Å². The van der Waals surface area contributed by atoms with Crippen LogP contribution in [0.3, 0.4) is 0 Å². The van der Waals surface area contributed by atoms with E-state index in [9.17, 15) is 9.59 Å². The number of amides is 2. The van der Waals surface area contributed by atoms with Crippen LogP contribution in [0.1, 0.15) is 25.7 Å². The number of carbonyl (C=O) groups excluding carboxylic acids is 2. The fraction of sp³-hybridized carbons (Fsp3) is 0.818. The Balaban J connectivity index is 2.08. The first-order chi connectivity index (χ1) is 7.74. The Labute approximate surface area is 100 Å². The molecule has 0 spiro atoms. The predicted octanol–water partition coefficient (Wildman–Crippen LogP) is 0.619. The molecule has 0 saturated carbocycles. The zero-order chi connectivity index (χ0) is 11.5. The first-order valence-electron chi connectivity index (χ1n) is 5.82. The van der Waals surface area contributed by atoms with Gasteiger partial charge in [0, 0.05) is 13.0 Å². The van der Waals surface area contributed by atoms with Crippen molar-refractivity contribution in [2.45, 2.75) is 37.8 Å². The van der Waals surface area contributed by atoms with Gasteiger partial charge in [-0.2, -0.15) is 11.8 Å². The number of rotatable bonds is 3. The quantitative estimate of drug-likeness (QED) is 0.789. The van der Waals surface area contributed by atoms with E-state index in [1.165, 1.54) is 0 Å². The largest absolute Gasteiger partial charge is 0.352 e. The average molecular weight is 242 g/mol. The normalized spacial score (nSPS) is 29.9. The molecule has 0 aromatic heterocycles. The molecular formula is C11H18N2O2S. The predicted molar refractivity (Wildman–Crippen MR) is 64.3 cm³/mol. The molecule has 1 N–H and O–H groups in total. The second kappa shape index (κ2) is 5.08. The molecule has 90 valence electrons. The van der Waals surface area contributed by atoms with Crippen LogP contribution in [-0.4, -0.2) is 47.4 Å². The lowest BCUT2D eigenvalue weighted by Crippen LogP contribution is -2.63. The number of hydrogen-bond acceptors (Lipinski definition) is 3. The van der Waals surface area contributed by atoms with Crippen LogP contribution in [0.15, 0.2) is 0 Å². The van der Waals surface area contributed by atoms with E-state index >= 15 is 0 Å². The van der Waals surface area contributed by atoms with Crippen molar-refractivity contribution >= 4 is 23.6 Å². The summed E-state index contributed by atoms with van der Waals surface area (Å²) in [6, 6.07) is 0.0183. The van der Waals surface area contributed by atoms with Crippen LogP contribution >= 0.6 is 11.8 Å². The maximum absolute atomic E-state index is 11.9. The van der Waals surface area contributed by atoms with E-state index in [0.29, 0.717) is 13.0 Å². The molecule has 0 radical (unpaired) electrons. The van der Waals surface area contributed by atoms with Gasteiger partial charge in [0.2, 0.25) is 11.8 Å². The minimum atomic E-state index is -0.193. The number of nitrogens with zero attached hydrogens (tertiary/aromatic N) is 1. The Kier molecular flexibility index (Phi) is 3.74. The first-order valence-corrected chi connectivity index (χ1v) is 7.21. The molecule has 5 heteroatoms. The van der Waals surface area contributed by atoms with Crippen LogP contribution in [0, 0.1) is 0 Å². The summed E-state index contributed by atoms with van der Waals surface area (Å²) in [5.74, 6) is 1.24. The maximum Gasteiger partial charge on any atom is 0.242 e. The van der Waals surface area contributed by atoms with E-state index in [1.54, 1.807) is 11.8 Å². The molecule has 2 saturated heterocycles. The van der Waals surface area contributed by atoms with Crippen LogP contribution in [-0.2, 0) is 9.59 Å². The molecule has 2 rings (SSSR count). The van der Waals surface area contributed by atoms with Crippen LogP contribution < -0.4 is 5.32 Å². The van der Waals surface area contributed by atoms with E-state index in [0.717, 1.165) is 25.0 Å². The van der Waals surface area contributed by atoms with Crippen LogP contribution in [0.4, 0.5) is 0 Å². The zero-order valence-corrected chi connectivity index (χ0v) is 10.4. The molecule has 2 atom stereocenters. The number of nitrogens with one attached hydrogen (secondary N) is 1. The van der Waals surface area contributed by atoms with Crippen molar-refractivity contribution in [1.82, 2.24) is 10.2 Å². The lowest BCUT2D eigenvalue weighted by molar-refractivity contribution is -0.150. The molecule has 0 aromatic carbocycles. The topological polar surface area (TPSA) is 49.4 Å². The maximum atomic E-state index is 11.9. The molecule has 2 aliphatic rings. The van der Waals surface area contributed by atoms with Gasteiger partial charge in [-0.3, -0.25) is 9.59 Å². The highest BCUT2D eigenvalue weighted by Gasteiger charge is 2.40. The molecule has 4 nitrogen and oxygen atoms in total. The van der Waals surface area contributed by atoms with Crippen molar-refractivity contribution < 1.29 is 9.59 Å². The van der Waals surface area contributed by atoms with Crippen LogP contribution in [0.2, 0.25) is 0 Å². The third-order valence-corrected chi connectivity index (χ3v) is 4.00. The molecule has 0 aromatic rings. The lowest BCUT2D eigenvalue weighted by atomic mass is 9.95. The van der Waals surface area contributed by atoms with Gasteiger partial charge < -0.3 is 10.2 Å². The minimum absolute atomic E-state index is 0.0356. The monoisotopic (exact) mass is 242 g/mol. The number of thioether (sulfide) groups is 1. The lowest BCUT2D eigenvalue weighted by Gasteiger charge is -2.44. The van der Waals surface area contributed by atoms with E-state index in [2.05, 4.69) is 11.6 Å². The molecule has 0 bridgehead atoms. The van der Waals surface area contributed by atoms with E-state index in [4.69, 9.17) is 0 Å². The summed E-state index contributed by atoms with van der Waals surface area (Å²) in [6.07, 6.45) is 5.33. The smallest absolute Gasteiger partial charge is 0.242 e. The summed E-state index contributed by atoms with van der Waals surface area (Å²) in [7, 11) is 0. The second-order valence-electron chi connectivity index (χ2n) is 4.39. The Morgan fingerprint density at radius 1 is 1.50 bits per heavy atom. The van der Waals surface area contributed by atoms with Gasteiger partial charge >= 0.3 is 0 Å². The van der Waals surface area contributed by atoms with Gasteiger partial charge in [0.05, 0.1) is 6.04 Å². The van der Waals surface area contributed by atoms with Gasteiger partial charge in [0.1, 0.15) is 6.04 Å². The third-order valence-electron chi connectivity index (χ3n) is 3.36. The standard InChI is InChI=1S/C11H18N2O2S/c1-16-6-5-8-7-12-11(15)9-3-2-4-10(14)13(8)9/h8-9H,2-7H2,1H3,(H,12,15). The number of piperazine rings is 1. The molecule has 2 aliphatic heterocycles. The summed E-state index contributed by atoms with van der Waals surface area (Å²) in [6.45, 7) is 0.627. The molecule has 2 unspecified atom stereocenters. The van der Waals surface area contributed by atoms with Crippen LogP contribution in [0.25, 0.3) is 0 Å². The fourth-order valence-electron chi connectivity index (χ4n) is 2.53. The highest BCUT2D eigenvalue weighted by molar-refractivity contribution is 7.98. The molecule has 2 heterocycles. The summed E-state index contributed by atoms with van der Waals surface area (Å²) < 4.78 is 0. The van der Waals surface area contributed by atoms with Crippen molar-refractivity contribution in [2.24, 2.45) is 0 Å². The van der Waals surface area contributed by atoms with Gasteiger partial charge in [-0.1, -0.05) is 0 Å². The molecular weight excluding hydrogens is 224 g/mol. The number of hydrogen-bond donors (Lipinski definition) is 1. The summed E-state index contributed by atoms with van der Waals surface area (Å²) in [5.41, 5.74) is 0. The SMILES string of the molecule is CSCCC1CNC(=O)C2CCCC(=O)N12. The average Bonchev–Trinajstić information content (AvgIpc) is 2.29. The Bertz CT molecular complexity index is 296. The third kappa shape index (κ3) is 2.19. The highest BCUT2D eigenvalue weighted by atomic mass is 32.2. The van der Waals surface area contributed by atoms with Crippen molar-refractivity contribution in [3.05, 3.63) is 0 Å². The van der Waals surface area contributed by atoms with Crippen molar-refractivity contribution in [3.63, 3.8) is 0 Å². The number of fused-ring (bicyclic) bond motifs is 1. The van der Waals surface area contributed by atoms with E-state index < -0.39 is 0 Å². The molecule has 2 fully saturated rings. The fourth-order valence-corrected chi connectivity index (χ4v) is 3.04. The molecule has 2 amide bonds. The van der Waals surface area contributed by atoms with Gasteiger partial charge in [-0.25, -0.2) is 0 Å². The first kappa shape index (κ1) is 11.8. The Hall–Kier alpha value is -0.710. The minimum Gasteiger partial charge on any atom is -0.352 e. The summed E-state index contributed by atoms with van der Waals surface area (Å²) in [5, 5.41) is 2.92. The van der Waals surface area contributed by atoms with E-state index in [-0.39, 0.29) is 23.9 Å². The van der Waals surface area contributed by atoms with Gasteiger partial charge in [-0.15, -0.1) is 0 Å². The van der Waals surface area contributed by atoms with Crippen molar-refractivity contribution in [3.8, 4) is 0 Å². The molecule has 16 heavy (non-hydrogen) atoms. The number of piperidine rings is 1. The zero-order valence-electron chi connectivity index (χ0n) is 9.57. The Morgan fingerprint density at radius 2 is 2.31 bits per heavy atom. The molecule has 0 aliphatic carbocycles. The summed E-state index contributed by atoms with van der Waals surface area (Å²) in [4.78, 5) is 25.4. The van der Waals surface area contributed by atoms with Gasteiger partial charge in [0.25, 0.3) is 0 Å². The highest BCUT2D eigenvalue weighted by Crippen LogP contribution is 2.25. The van der Waals surface area contributed by atoms with E-state index in [1.807, 2.05) is 4.90 Å².